The first kappa shape index (κ1) is 23.6. The van der Waals surface area contributed by atoms with Crippen molar-refractivity contribution in [2.45, 2.75) is 25.8 Å². The monoisotopic (exact) mass is 495 g/mol. The SMILES string of the molecule is Cc1ccc([C@@H](CC(=O)N2CCN(Cc3ccc4c(c3)OCO4)CC2)c2cn(C)c3ccccc23)cc1. The number of rotatable bonds is 6. The highest BCUT2D eigenvalue weighted by atomic mass is 16.7. The van der Waals surface area contributed by atoms with Crippen LogP contribution in [0.5, 0.6) is 11.5 Å². The van der Waals surface area contributed by atoms with Crippen LogP contribution in [-0.2, 0) is 18.4 Å². The molecule has 0 spiro atoms. The highest BCUT2D eigenvalue weighted by molar-refractivity contribution is 5.86. The molecule has 0 unspecified atom stereocenters. The zero-order valence-electron chi connectivity index (χ0n) is 21.5. The molecule has 1 aromatic heterocycles. The van der Waals surface area contributed by atoms with Gasteiger partial charge in [-0.25, -0.2) is 0 Å². The quantitative estimate of drug-likeness (QED) is 0.374. The molecule has 190 valence electrons. The minimum atomic E-state index is 0.0193. The highest BCUT2D eigenvalue weighted by Crippen LogP contribution is 2.36. The number of carbonyl (C=O) groups excluding carboxylic acids is 1. The van der Waals surface area contributed by atoms with Gasteiger partial charge in [-0.15, -0.1) is 0 Å². The predicted octanol–water partition coefficient (Wildman–Crippen LogP) is 5.08. The standard InChI is InChI=1S/C31H33N3O3/c1-22-7-10-24(11-8-22)26(27-20-32(2)28-6-4-3-5-25(27)28)18-31(35)34-15-13-33(14-16-34)19-23-9-12-29-30(17-23)37-21-36-29/h3-12,17,20,26H,13-16,18-19,21H2,1-2H3/t26-/m1/s1. The molecule has 1 fully saturated rings. The predicted molar refractivity (Wildman–Crippen MR) is 145 cm³/mol. The van der Waals surface area contributed by atoms with Crippen molar-refractivity contribution >= 4 is 16.8 Å². The van der Waals surface area contributed by atoms with E-state index in [1.165, 1.54) is 33.2 Å². The van der Waals surface area contributed by atoms with Crippen LogP contribution in [0.3, 0.4) is 0 Å². The third-order valence-corrected chi connectivity index (χ3v) is 7.73. The minimum Gasteiger partial charge on any atom is -0.454 e. The second-order valence-corrected chi connectivity index (χ2v) is 10.2. The lowest BCUT2D eigenvalue weighted by Crippen LogP contribution is -2.48. The molecule has 1 amide bonds. The average Bonchev–Trinajstić information content (AvgIpc) is 3.52. The molecule has 1 saturated heterocycles. The number of aromatic nitrogens is 1. The summed E-state index contributed by atoms with van der Waals surface area (Å²) in [4.78, 5) is 18.1. The van der Waals surface area contributed by atoms with Gasteiger partial charge in [-0.1, -0.05) is 54.1 Å². The maximum absolute atomic E-state index is 13.6. The summed E-state index contributed by atoms with van der Waals surface area (Å²) in [6.45, 7) is 6.47. The molecule has 1 atom stereocenters. The van der Waals surface area contributed by atoms with Crippen LogP contribution in [0.4, 0.5) is 0 Å². The number of nitrogens with zero attached hydrogens (tertiary/aromatic N) is 3. The van der Waals surface area contributed by atoms with Crippen LogP contribution in [-0.4, -0.2) is 53.2 Å². The van der Waals surface area contributed by atoms with Crippen molar-refractivity contribution in [2.24, 2.45) is 7.05 Å². The summed E-state index contributed by atoms with van der Waals surface area (Å²) in [5, 5.41) is 1.22. The van der Waals surface area contributed by atoms with Crippen molar-refractivity contribution in [3.05, 3.63) is 95.2 Å². The van der Waals surface area contributed by atoms with Crippen LogP contribution in [0.15, 0.2) is 72.9 Å². The van der Waals surface area contributed by atoms with Crippen molar-refractivity contribution in [1.82, 2.24) is 14.4 Å². The molecule has 0 radical (unpaired) electrons. The number of carbonyl (C=O) groups is 1. The maximum atomic E-state index is 13.6. The van der Waals surface area contributed by atoms with Crippen LogP contribution < -0.4 is 9.47 Å². The largest absolute Gasteiger partial charge is 0.454 e. The number of ether oxygens (including phenoxy) is 2. The zero-order chi connectivity index (χ0) is 25.4. The lowest BCUT2D eigenvalue weighted by Gasteiger charge is -2.35. The molecule has 6 nitrogen and oxygen atoms in total. The number of hydrogen-bond acceptors (Lipinski definition) is 4. The minimum absolute atomic E-state index is 0.0193. The molecule has 0 aliphatic carbocycles. The van der Waals surface area contributed by atoms with Gasteiger partial charge >= 0.3 is 0 Å². The fourth-order valence-corrected chi connectivity index (χ4v) is 5.61. The van der Waals surface area contributed by atoms with E-state index in [-0.39, 0.29) is 11.8 Å². The van der Waals surface area contributed by atoms with E-state index in [0.717, 1.165) is 44.2 Å². The summed E-state index contributed by atoms with van der Waals surface area (Å²) < 4.78 is 13.1. The zero-order valence-corrected chi connectivity index (χ0v) is 21.5. The van der Waals surface area contributed by atoms with Gasteiger partial charge in [-0.3, -0.25) is 9.69 Å². The maximum Gasteiger partial charge on any atom is 0.231 e. The summed E-state index contributed by atoms with van der Waals surface area (Å²) in [6, 6.07) is 23.3. The number of hydrogen-bond donors (Lipinski definition) is 0. The Morgan fingerprint density at radius 2 is 1.68 bits per heavy atom. The van der Waals surface area contributed by atoms with Gasteiger partial charge in [0.25, 0.3) is 0 Å². The van der Waals surface area contributed by atoms with Crippen LogP contribution in [0, 0.1) is 6.92 Å². The highest BCUT2D eigenvalue weighted by Gasteiger charge is 2.27. The molecule has 6 rings (SSSR count). The molecule has 2 aliphatic heterocycles. The second kappa shape index (κ2) is 9.94. The Kier molecular flexibility index (Phi) is 6.35. The second-order valence-electron chi connectivity index (χ2n) is 10.2. The van der Waals surface area contributed by atoms with Crippen molar-refractivity contribution in [3.8, 4) is 11.5 Å². The van der Waals surface area contributed by atoms with Gasteiger partial charge in [0.05, 0.1) is 0 Å². The number of fused-ring (bicyclic) bond motifs is 2. The van der Waals surface area contributed by atoms with E-state index in [2.05, 4.69) is 90.3 Å². The number of aryl methyl sites for hydroxylation is 2. The van der Waals surface area contributed by atoms with Gasteiger partial charge in [0.2, 0.25) is 12.7 Å². The molecule has 37 heavy (non-hydrogen) atoms. The first-order chi connectivity index (χ1) is 18.0. The number of piperazine rings is 1. The Bertz CT molecular complexity index is 1420. The summed E-state index contributed by atoms with van der Waals surface area (Å²) in [7, 11) is 2.08. The van der Waals surface area contributed by atoms with Gasteiger partial charge in [0, 0.05) is 69.2 Å². The fourth-order valence-electron chi connectivity index (χ4n) is 5.61. The van der Waals surface area contributed by atoms with Gasteiger partial charge in [0.15, 0.2) is 11.5 Å². The van der Waals surface area contributed by atoms with Crippen molar-refractivity contribution in [3.63, 3.8) is 0 Å². The molecule has 0 N–H and O–H groups in total. The molecule has 0 saturated carbocycles. The lowest BCUT2D eigenvalue weighted by atomic mass is 9.87. The van der Waals surface area contributed by atoms with Gasteiger partial charge in [0.1, 0.15) is 0 Å². The first-order valence-electron chi connectivity index (χ1n) is 13.0. The van der Waals surface area contributed by atoms with Crippen molar-refractivity contribution < 1.29 is 14.3 Å². The van der Waals surface area contributed by atoms with Crippen LogP contribution in [0.2, 0.25) is 0 Å². The summed E-state index contributed by atoms with van der Waals surface area (Å²) in [5.74, 6) is 1.88. The molecular formula is C31H33N3O3. The summed E-state index contributed by atoms with van der Waals surface area (Å²) >= 11 is 0. The van der Waals surface area contributed by atoms with Gasteiger partial charge in [-0.05, 0) is 41.8 Å². The fraction of sp³-hybridized carbons (Fsp3) is 0.323. The lowest BCUT2D eigenvalue weighted by molar-refractivity contribution is -0.133. The Labute approximate surface area is 218 Å². The van der Waals surface area contributed by atoms with Crippen LogP contribution in [0.25, 0.3) is 10.9 Å². The molecule has 3 heterocycles. The van der Waals surface area contributed by atoms with E-state index in [1.807, 2.05) is 11.0 Å². The molecule has 4 aromatic rings. The molecule has 6 heteroatoms. The number of benzene rings is 3. The Morgan fingerprint density at radius 3 is 2.49 bits per heavy atom. The van der Waals surface area contributed by atoms with Crippen molar-refractivity contribution in [2.75, 3.05) is 33.0 Å². The third kappa shape index (κ3) is 4.81. The first-order valence-corrected chi connectivity index (χ1v) is 13.0. The summed E-state index contributed by atoms with van der Waals surface area (Å²) in [5.41, 5.74) is 6.04. The van der Waals surface area contributed by atoms with E-state index in [4.69, 9.17) is 9.47 Å². The molecular weight excluding hydrogens is 462 g/mol. The van der Waals surface area contributed by atoms with E-state index >= 15 is 0 Å². The van der Waals surface area contributed by atoms with E-state index in [0.29, 0.717) is 13.2 Å². The van der Waals surface area contributed by atoms with Gasteiger partial charge < -0.3 is 18.9 Å². The molecule has 3 aromatic carbocycles. The summed E-state index contributed by atoms with van der Waals surface area (Å²) in [6.07, 6.45) is 2.67. The topological polar surface area (TPSA) is 46.9 Å². The Balaban J connectivity index is 1.16. The van der Waals surface area contributed by atoms with Crippen LogP contribution >= 0.6 is 0 Å². The average molecular weight is 496 g/mol. The number of amides is 1. The third-order valence-electron chi connectivity index (χ3n) is 7.73. The Hall–Kier alpha value is -3.77. The number of para-hydroxylation sites is 1. The normalized spacial score (nSPS) is 16.3. The molecule has 0 bridgehead atoms. The molecule has 2 aliphatic rings. The van der Waals surface area contributed by atoms with Crippen LogP contribution in [0.1, 0.15) is 34.6 Å². The van der Waals surface area contributed by atoms with Crippen molar-refractivity contribution in [1.29, 1.82) is 0 Å². The van der Waals surface area contributed by atoms with E-state index in [1.54, 1.807) is 0 Å². The van der Waals surface area contributed by atoms with E-state index < -0.39 is 0 Å². The smallest absolute Gasteiger partial charge is 0.231 e. The van der Waals surface area contributed by atoms with Gasteiger partial charge in [-0.2, -0.15) is 0 Å². The van der Waals surface area contributed by atoms with E-state index in [9.17, 15) is 4.79 Å². The Morgan fingerprint density at radius 1 is 0.919 bits per heavy atom.